The number of hydrogen-bond donors (Lipinski definition) is 2. The number of rotatable bonds is 5. The highest BCUT2D eigenvalue weighted by Crippen LogP contribution is 2.23. The molecule has 112 valence electrons. The Labute approximate surface area is 126 Å². The van der Waals surface area contributed by atoms with Gasteiger partial charge in [0.1, 0.15) is 0 Å². The molecule has 0 aliphatic carbocycles. The van der Waals surface area contributed by atoms with Crippen molar-refractivity contribution in [3.8, 4) is 0 Å². The summed E-state index contributed by atoms with van der Waals surface area (Å²) in [7, 11) is -3.61. The van der Waals surface area contributed by atoms with Crippen LogP contribution in [0.25, 0.3) is 0 Å². The summed E-state index contributed by atoms with van der Waals surface area (Å²) in [6.45, 7) is 1.90. The largest absolute Gasteiger partial charge is 0.376 e. The van der Waals surface area contributed by atoms with Crippen LogP contribution in [0.4, 0.5) is 0 Å². The van der Waals surface area contributed by atoms with Crippen LogP contribution in [0.1, 0.15) is 5.56 Å². The zero-order valence-corrected chi connectivity index (χ0v) is 13.2. The lowest BCUT2D eigenvalue weighted by Gasteiger charge is -2.23. The highest BCUT2D eigenvalue weighted by Gasteiger charge is 2.21. The Morgan fingerprint density at radius 1 is 1.40 bits per heavy atom. The maximum absolute atomic E-state index is 12.3. The van der Waals surface area contributed by atoms with Gasteiger partial charge in [-0.25, -0.2) is 13.1 Å². The second-order valence-corrected chi connectivity index (χ2v) is 6.98. The fourth-order valence-corrected chi connectivity index (χ4v) is 3.89. The number of sulfonamides is 1. The van der Waals surface area contributed by atoms with E-state index in [-0.39, 0.29) is 24.1 Å². The fourth-order valence-electron chi connectivity index (χ4n) is 1.82. The summed E-state index contributed by atoms with van der Waals surface area (Å²) in [6, 6.07) is 5.02. The third-order valence-corrected chi connectivity index (χ3v) is 5.32. The second kappa shape index (κ2) is 6.97. The average molecular weight is 365 g/mol. The Morgan fingerprint density at radius 2 is 2.20 bits per heavy atom. The second-order valence-electron chi connectivity index (χ2n) is 4.39. The van der Waals surface area contributed by atoms with Crippen LogP contribution in [-0.4, -0.2) is 40.9 Å². The van der Waals surface area contributed by atoms with Gasteiger partial charge in [-0.2, -0.15) is 0 Å². The predicted octanol–water partition coefficient (Wildman–Crippen LogP) is 0.601. The van der Waals surface area contributed by atoms with Crippen molar-refractivity contribution in [3.63, 3.8) is 0 Å². The summed E-state index contributed by atoms with van der Waals surface area (Å²) in [5.74, 6) is 0. The van der Waals surface area contributed by atoms with Crippen LogP contribution in [0.15, 0.2) is 27.6 Å². The van der Waals surface area contributed by atoms with Gasteiger partial charge in [-0.05, 0) is 33.6 Å². The number of benzene rings is 1. The van der Waals surface area contributed by atoms with Crippen LogP contribution >= 0.6 is 15.9 Å². The van der Waals surface area contributed by atoms with Crippen LogP contribution in [0.2, 0.25) is 0 Å². The van der Waals surface area contributed by atoms with Gasteiger partial charge in [-0.1, -0.05) is 6.07 Å². The molecule has 1 unspecified atom stereocenters. The molecule has 20 heavy (non-hydrogen) atoms. The number of halogens is 1. The van der Waals surface area contributed by atoms with Crippen molar-refractivity contribution in [2.24, 2.45) is 5.73 Å². The summed E-state index contributed by atoms with van der Waals surface area (Å²) in [5.41, 5.74) is 6.29. The predicted molar refractivity (Wildman–Crippen MR) is 77.8 cm³/mol. The first-order chi connectivity index (χ1) is 9.53. The third-order valence-electron chi connectivity index (χ3n) is 2.91. The van der Waals surface area contributed by atoms with E-state index in [9.17, 15) is 8.42 Å². The minimum atomic E-state index is -3.61. The fraction of sp³-hybridized carbons (Fsp3) is 0.500. The van der Waals surface area contributed by atoms with Crippen LogP contribution in [0.5, 0.6) is 0 Å². The molecule has 1 fully saturated rings. The van der Waals surface area contributed by atoms with E-state index in [2.05, 4.69) is 20.7 Å². The van der Waals surface area contributed by atoms with Crippen LogP contribution in [0, 0.1) is 0 Å². The highest BCUT2D eigenvalue weighted by atomic mass is 79.9. The standard InChI is InChI=1S/C12H17BrN2O4S/c13-11-2-1-9(6-14)5-12(11)20(16,17)15-7-10-8-18-3-4-19-10/h1-2,5,10,15H,3-4,6-8,14H2. The Morgan fingerprint density at radius 3 is 2.85 bits per heavy atom. The van der Waals surface area contributed by atoms with E-state index in [0.717, 1.165) is 5.56 Å². The zero-order valence-electron chi connectivity index (χ0n) is 10.8. The molecule has 0 spiro atoms. The first kappa shape index (κ1) is 15.9. The smallest absolute Gasteiger partial charge is 0.241 e. The van der Waals surface area contributed by atoms with Gasteiger partial charge in [0, 0.05) is 17.6 Å². The van der Waals surface area contributed by atoms with Gasteiger partial charge in [0.25, 0.3) is 0 Å². The number of ether oxygens (including phenoxy) is 2. The maximum Gasteiger partial charge on any atom is 0.241 e. The molecule has 2 rings (SSSR count). The molecule has 8 heteroatoms. The van der Waals surface area contributed by atoms with Gasteiger partial charge in [0.2, 0.25) is 10.0 Å². The lowest BCUT2D eigenvalue weighted by Crippen LogP contribution is -2.39. The van der Waals surface area contributed by atoms with Crippen molar-refractivity contribution >= 4 is 26.0 Å². The van der Waals surface area contributed by atoms with Crippen molar-refractivity contribution in [1.29, 1.82) is 0 Å². The summed E-state index contributed by atoms with van der Waals surface area (Å²) in [6.07, 6.45) is -0.255. The van der Waals surface area contributed by atoms with Crippen molar-refractivity contribution < 1.29 is 17.9 Å². The van der Waals surface area contributed by atoms with Gasteiger partial charge in [-0.3, -0.25) is 0 Å². The van der Waals surface area contributed by atoms with E-state index in [1.165, 1.54) is 0 Å². The van der Waals surface area contributed by atoms with E-state index >= 15 is 0 Å². The summed E-state index contributed by atoms with van der Waals surface area (Å²) in [5, 5.41) is 0. The summed E-state index contributed by atoms with van der Waals surface area (Å²) in [4.78, 5) is 0.178. The van der Waals surface area contributed by atoms with E-state index in [0.29, 0.717) is 24.3 Å². The van der Waals surface area contributed by atoms with Gasteiger partial charge < -0.3 is 15.2 Å². The molecule has 1 aliphatic rings. The maximum atomic E-state index is 12.3. The van der Waals surface area contributed by atoms with Crippen molar-refractivity contribution in [2.75, 3.05) is 26.4 Å². The normalized spacial score (nSPS) is 20.0. The molecular formula is C12H17BrN2O4S. The minimum absolute atomic E-state index is 0.178. The number of nitrogens with one attached hydrogen (secondary N) is 1. The lowest BCUT2D eigenvalue weighted by atomic mass is 10.2. The molecule has 1 saturated heterocycles. The van der Waals surface area contributed by atoms with Gasteiger partial charge >= 0.3 is 0 Å². The molecular weight excluding hydrogens is 348 g/mol. The van der Waals surface area contributed by atoms with Gasteiger partial charge in [0.05, 0.1) is 30.8 Å². The Kier molecular flexibility index (Phi) is 5.53. The molecule has 0 bridgehead atoms. The summed E-state index contributed by atoms with van der Waals surface area (Å²) < 4.78 is 38.2. The Hall–Kier alpha value is -0.510. The lowest BCUT2D eigenvalue weighted by molar-refractivity contribution is -0.0846. The molecule has 6 nitrogen and oxygen atoms in total. The van der Waals surface area contributed by atoms with Gasteiger partial charge in [0.15, 0.2) is 0 Å². The number of hydrogen-bond acceptors (Lipinski definition) is 5. The zero-order chi connectivity index (χ0) is 14.6. The Balaban J connectivity index is 2.09. The molecule has 1 heterocycles. The highest BCUT2D eigenvalue weighted by molar-refractivity contribution is 9.10. The SMILES string of the molecule is NCc1ccc(Br)c(S(=O)(=O)NCC2COCCO2)c1. The van der Waals surface area contributed by atoms with E-state index in [1.807, 2.05) is 0 Å². The minimum Gasteiger partial charge on any atom is -0.376 e. The van der Waals surface area contributed by atoms with Crippen LogP contribution in [0.3, 0.4) is 0 Å². The molecule has 1 aromatic carbocycles. The number of nitrogens with two attached hydrogens (primary N) is 1. The average Bonchev–Trinajstić information content (AvgIpc) is 2.47. The first-order valence-corrected chi connectivity index (χ1v) is 8.48. The van der Waals surface area contributed by atoms with Crippen molar-refractivity contribution in [3.05, 3.63) is 28.2 Å². The summed E-state index contributed by atoms with van der Waals surface area (Å²) >= 11 is 3.25. The Bertz CT molecular complexity index is 559. The van der Waals surface area contributed by atoms with E-state index in [4.69, 9.17) is 15.2 Å². The van der Waals surface area contributed by atoms with Crippen molar-refractivity contribution in [1.82, 2.24) is 4.72 Å². The quantitative estimate of drug-likeness (QED) is 0.798. The molecule has 0 saturated carbocycles. The molecule has 1 aliphatic heterocycles. The molecule has 0 aromatic heterocycles. The topological polar surface area (TPSA) is 90.7 Å². The molecule has 1 atom stereocenters. The first-order valence-electron chi connectivity index (χ1n) is 6.20. The molecule has 0 amide bonds. The van der Waals surface area contributed by atoms with Crippen LogP contribution < -0.4 is 10.5 Å². The molecule has 3 N–H and O–H groups in total. The molecule has 0 radical (unpaired) electrons. The van der Waals surface area contributed by atoms with Crippen LogP contribution in [-0.2, 0) is 26.0 Å². The monoisotopic (exact) mass is 364 g/mol. The van der Waals surface area contributed by atoms with E-state index in [1.54, 1.807) is 18.2 Å². The van der Waals surface area contributed by atoms with Gasteiger partial charge in [-0.15, -0.1) is 0 Å². The van der Waals surface area contributed by atoms with Crippen molar-refractivity contribution in [2.45, 2.75) is 17.5 Å². The van der Waals surface area contributed by atoms with E-state index < -0.39 is 10.0 Å². The third kappa shape index (κ3) is 4.00. The molecule has 1 aromatic rings.